The van der Waals surface area contributed by atoms with E-state index in [9.17, 15) is 9.59 Å². The van der Waals surface area contributed by atoms with Gasteiger partial charge >= 0.3 is 12.1 Å². The fraction of sp³-hybridized carbons (Fsp3) is 0.125. The van der Waals surface area contributed by atoms with Crippen molar-refractivity contribution in [1.29, 1.82) is 0 Å². The summed E-state index contributed by atoms with van der Waals surface area (Å²) < 4.78 is 9.73. The number of methoxy groups -OCH3 is 1. The molecule has 6 heteroatoms. The first-order valence-corrected chi connectivity index (χ1v) is 7.43. The Kier molecular flexibility index (Phi) is 5.73. The first-order chi connectivity index (χ1) is 10.7. The highest BCUT2D eigenvalue weighted by Gasteiger charge is 2.14. The van der Waals surface area contributed by atoms with Crippen LogP contribution in [0, 0.1) is 0 Å². The Labute approximate surface area is 132 Å². The number of esters is 1. The molecule has 2 rings (SSSR count). The van der Waals surface area contributed by atoms with E-state index in [0.29, 0.717) is 0 Å². The number of carbonyl (C=O) groups excluding carboxylic acids is 2. The molecule has 0 fully saturated rings. The van der Waals surface area contributed by atoms with Gasteiger partial charge in [-0.2, -0.15) is 11.3 Å². The molecule has 0 aliphatic carbocycles. The molecule has 0 bridgehead atoms. The number of nitrogens with one attached hydrogen (secondary N) is 1. The number of amides is 1. The predicted molar refractivity (Wildman–Crippen MR) is 84.1 cm³/mol. The predicted octanol–water partition coefficient (Wildman–Crippen LogP) is 3.19. The quantitative estimate of drug-likeness (QED) is 0.679. The van der Waals surface area contributed by atoms with E-state index in [1.807, 2.05) is 47.2 Å². The van der Waals surface area contributed by atoms with Crippen LogP contribution >= 0.6 is 11.3 Å². The smallest absolute Gasteiger partial charge is 0.412 e. The highest BCUT2D eigenvalue weighted by molar-refractivity contribution is 7.08. The second-order valence-corrected chi connectivity index (χ2v) is 5.07. The SMILES string of the molecule is COC(=O)/C(=C/c1ccsc1)NC(=O)OCc1ccccc1. The lowest BCUT2D eigenvalue weighted by atomic mass is 10.2. The van der Waals surface area contributed by atoms with E-state index in [-0.39, 0.29) is 12.3 Å². The summed E-state index contributed by atoms with van der Waals surface area (Å²) >= 11 is 1.49. The fourth-order valence-corrected chi connectivity index (χ4v) is 2.27. The molecule has 0 aliphatic rings. The lowest BCUT2D eigenvalue weighted by Crippen LogP contribution is -2.28. The Bertz CT molecular complexity index is 650. The summed E-state index contributed by atoms with van der Waals surface area (Å²) in [5.41, 5.74) is 1.69. The second kappa shape index (κ2) is 7.99. The summed E-state index contributed by atoms with van der Waals surface area (Å²) in [5.74, 6) is -0.636. The standard InChI is InChI=1S/C16H15NO4S/c1-20-15(18)14(9-13-7-8-22-11-13)17-16(19)21-10-12-5-3-2-4-6-12/h2-9,11H,10H2,1H3,(H,17,19)/b14-9-. The van der Waals surface area contributed by atoms with Crippen LogP contribution in [0.15, 0.2) is 52.9 Å². The largest absolute Gasteiger partial charge is 0.464 e. The lowest BCUT2D eigenvalue weighted by molar-refractivity contribution is -0.136. The van der Waals surface area contributed by atoms with E-state index < -0.39 is 12.1 Å². The van der Waals surface area contributed by atoms with Crippen LogP contribution in [0.2, 0.25) is 0 Å². The van der Waals surface area contributed by atoms with E-state index in [2.05, 4.69) is 10.1 Å². The molecule has 0 saturated heterocycles. The second-order valence-electron chi connectivity index (χ2n) is 4.29. The summed E-state index contributed by atoms with van der Waals surface area (Å²) in [7, 11) is 1.25. The topological polar surface area (TPSA) is 64.6 Å². The highest BCUT2D eigenvalue weighted by atomic mass is 32.1. The Morgan fingerprint density at radius 1 is 1.23 bits per heavy atom. The van der Waals surface area contributed by atoms with Gasteiger partial charge in [-0.1, -0.05) is 30.3 Å². The van der Waals surface area contributed by atoms with Crippen molar-refractivity contribution in [2.45, 2.75) is 6.61 Å². The van der Waals surface area contributed by atoms with Gasteiger partial charge in [0, 0.05) is 0 Å². The minimum atomic E-state index is -0.712. The molecular formula is C16H15NO4S. The van der Waals surface area contributed by atoms with Gasteiger partial charge in [0.15, 0.2) is 0 Å². The van der Waals surface area contributed by atoms with E-state index in [1.54, 1.807) is 0 Å². The van der Waals surface area contributed by atoms with Crippen LogP contribution < -0.4 is 5.32 Å². The molecule has 0 saturated carbocycles. The van der Waals surface area contributed by atoms with Crippen molar-refractivity contribution in [3.8, 4) is 0 Å². The summed E-state index contributed by atoms with van der Waals surface area (Å²) in [5, 5.41) is 6.12. The molecule has 0 radical (unpaired) electrons. The van der Waals surface area contributed by atoms with Crippen molar-refractivity contribution < 1.29 is 19.1 Å². The van der Waals surface area contributed by atoms with Crippen LogP contribution in [0.4, 0.5) is 4.79 Å². The van der Waals surface area contributed by atoms with Crippen LogP contribution in [-0.4, -0.2) is 19.2 Å². The van der Waals surface area contributed by atoms with E-state index in [1.165, 1.54) is 24.5 Å². The van der Waals surface area contributed by atoms with Crippen molar-refractivity contribution in [3.05, 3.63) is 64.0 Å². The summed E-state index contributed by atoms with van der Waals surface area (Å²) in [6, 6.07) is 11.1. The number of benzene rings is 1. The fourth-order valence-electron chi connectivity index (χ4n) is 1.65. The van der Waals surface area contributed by atoms with Gasteiger partial charge in [-0.3, -0.25) is 5.32 Å². The Hall–Kier alpha value is -2.60. The number of ether oxygens (including phenoxy) is 2. The zero-order valence-corrected chi connectivity index (χ0v) is 12.8. The third-order valence-corrected chi connectivity index (χ3v) is 3.41. The van der Waals surface area contributed by atoms with E-state index in [4.69, 9.17) is 4.74 Å². The van der Waals surface area contributed by atoms with Gasteiger partial charge in [0.1, 0.15) is 12.3 Å². The number of carbonyl (C=O) groups is 2. The highest BCUT2D eigenvalue weighted by Crippen LogP contribution is 2.11. The van der Waals surface area contributed by atoms with Crippen molar-refractivity contribution in [3.63, 3.8) is 0 Å². The van der Waals surface area contributed by atoms with Gasteiger partial charge in [0.2, 0.25) is 0 Å². The maximum Gasteiger partial charge on any atom is 0.412 e. The van der Waals surface area contributed by atoms with Crippen LogP contribution in [0.1, 0.15) is 11.1 Å². The molecule has 5 nitrogen and oxygen atoms in total. The Morgan fingerprint density at radius 3 is 2.64 bits per heavy atom. The van der Waals surface area contributed by atoms with Crippen molar-refractivity contribution in [1.82, 2.24) is 5.32 Å². The minimum absolute atomic E-state index is 0.0268. The molecule has 0 atom stereocenters. The zero-order chi connectivity index (χ0) is 15.8. The van der Waals surface area contributed by atoms with Crippen LogP contribution in [0.5, 0.6) is 0 Å². The number of alkyl carbamates (subject to hydrolysis) is 1. The van der Waals surface area contributed by atoms with Gasteiger partial charge in [-0.25, -0.2) is 9.59 Å². The molecule has 2 aromatic rings. The monoisotopic (exact) mass is 317 g/mol. The first kappa shape index (κ1) is 15.8. The number of hydrogen-bond acceptors (Lipinski definition) is 5. The molecule has 1 heterocycles. The van der Waals surface area contributed by atoms with Crippen molar-refractivity contribution in [2.75, 3.05) is 7.11 Å². The summed E-state index contributed by atoms with van der Waals surface area (Å²) in [6.45, 7) is 0.125. The first-order valence-electron chi connectivity index (χ1n) is 6.49. The average molecular weight is 317 g/mol. The molecule has 1 aromatic carbocycles. The number of hydrogen-bond donors (Lipinski definition) is 1. The third-order valence-electron chi connectivity index (χ3n) is 2.71. The molecule has 22 heavy (non-hydrogen) atoms. The summed E-state index contributed by atoms with van der Waals surface area (Å²) in [6.07, 6.45) is 0.822. The van der Waals surface area contributed by atoms with Gasteiger partial charge in [-0.15, -0.1) is 0 Å². The Morgan fingerprint density at radius 2 is 2.00 bits per heavy atom. The Balaban J connectivity index is 1.98. The molecule has 0 spiro atoms. The third kappa shape index (κ3) is 4.75. The number of thiophene rings is 1. The number of rotatable bonds is 5. The molecule has 1 amide bonds. The maximum atomic E-state index is 11.8. The summed E-state index contributed by atoms with van der Waals surface area (Å²) in [4.78, 5) is 23.5. The van der Waals surface area contributed by atoms with Crippen molar-refractivity contribution >= 4 is 29.5 Å². The average Bonchev–Trinajstić information content (AvgIpc) is 3.05. The molecule has 1 aromatic heterocycles. The van der Waals surface area contributed by atoms with Gasteiger partial charge < -0.3 is 9.47 Å². The molecule has 114 valence electrons. The maximum absolute atomic E-state index is 11.8. The normalized spacial score (nSPS) is 10.9. The molecule has 0 unspecified atom stereocenters. The van der Waals surface area contributed by atoms with Gasteiger partial charge in [-0.05, 0) is 34.0 Å². The molecule has 1 N–H and O–H groups in total. The van der Waals surface area contributed by atoms with Gasteiger partial charge in [0.05, 0.1) is 7.11 Å². The van der Waals surface area contributed by atoms with Crippen LogP contribution in [0.3, 0.4) is 0 Å². The van der Waals surface area contributed by atoms with Crippen LogP contribution in [0.25, 0.3) is 6.08 Å². The minimum Gasteiger partial charge on any atom is -0.464 e. The van der Waals surface area contributed by atoms with E-state index in [0.717, 1.165) is 11.1 Å². The zero-order valence-electron chi connectivity index (χ0n) is 11.9. The van der Waals surface area contributed by atoms with E-state index >= 15 is 0 Å². The van der Waals surface area contributed by atoms with Crippen molar-refractivity contribution in [2.24, 2.45) is 0 Å². The molecule has 0 aliphatic heterocycles. The van der Waals surface area contributed by atoms with Gasteiger partial charge in [0.25, 0.3) is 0 Å². The molecular weight excluding hydrogens is 302 g/mol. The van der Waals surface area contributed by atoms with Crippen LogP contribution in [-0.2, 0) is 20.9 Å². The lowest BCUT2D eigenvalue weighted by Gasteiger charge is -2.09.